The summed E-state index contributed by atoms with van der Waals surface area (Å²) in [5.74, 6) is 0.382. The van der Waals surface area contributed by atoms with Crippen molar-refractivity contribution in [3.63, 3.8) is 0 Å². The van der Waals surface area contributed by atoms with Crippen LogP contribution in [0.25, 0.3) is 0 Å². The minimum absolute atomic E-state index is 0. The Hall–Kier alpha value is -1.55. The Balaban J connectivity index is 0.00000529. The van der Waals surface area contributed by atoms with Gasteiger partial charge in [0.15, 0.2) is 5.96 Å². The summed E-state index contributed by atoms with van der Waals surface area (Å²) < 4.78 is 5.02. The number of guanidine groups is 1. The van der Waals surface area contributed by atoms with Crippen LogP contribution in [0.3, 0.4) is 0 Å². The van der Waals surface area contributed by atoms with Gasteiger partial charge >= 0.3 is 6.03 Å². The first-order chi connectivity index (χ1) is 10.9. The standard InChI is InChI=1S/C16H27N5O2.HI/c1-11(2)19-16(22)21-14-7-5-13(6-8-14)9-18-15(17)20-12(3)10-23-4;/h5-8,11-12H,9-10H2,1-4H3,(H3,17,18,20)(H2,19,21,22);1H. The van der Waals surface area contributed by atoms with E-state index in [1.54, 1.807) is 7.11 Å². The molecular formula is C16H28IN5O2. The molecule has 0 aromatic heterocycles. The van der Waals surface area contributed by atoms with Gasteiger partial charge in [-0.1, -0.05) is 12.1 Å². The van der Waals surface area contributed by atoms with E-state index in [1.807, 2.05) is 45.0 Å². The number of nitrogens with one attached hydrogen (secondary N) is 3. The summed E-state index contributed by atoms with van der Waals surface area (Å²) in [6, 6.07) is 7.46. The van der Waals surface area contributed by atoms with E-state index < -0.39 is 0 Å². The van der Waals surface area contributed by atoms with Gasteiger partial charge in [0.1, 0.15) is 0 Å². The Morgan fingerprint density at radius 2 is 1.83 bits per heavy atom. The van der Waals surface area contributed by atoms with E-state index in [4.69, 9.17) is 10.5 Å². The van der Waals surface area contributed by atoms with Crippen LogP contribution in [0, 0.1) is 0 Å². The molecule has 2 amide bonds. The molecule has 1 rings (SSSR count). The molecule has 1 aromatic rings. The molecular weight excluding hydrogens is 421 g/mol. The lowest BCUT2D eigenvalue weighted by atomic mass is 10.2. The van der Waals surface area contributed by atoms with Gasteiger partial charge in [-0.05, 0) is 38.5 Å². The highest BCUT2D eigenvalue weighted by Crippen LogP contribution is 2.10. The van der Waals surface area contributed by atoms with Crippen molar-refractivity contribution >= 4 is 41.7 Å². The van der Waals surface area contributed by atoms with Gasteiger partial charge < -0.3 is 26.4 Å². The number of hydrogen-bond donors (Lipinski definition) is 4. The van der Waals surface area contributed by atoms with Crippen molar-refractivity contribution in [3.8, 4) is 0 Å². The average Bonchev–Trinajstić information content (AvgIpc) is 2.45. The summed E-state index contributed by atoms with van der Waals surface area (Å²) in [6.45, 7) is 6.82. The largest absolute Gasteiger partial charge is 0.383 e. The zero-order valence-electron chi connectivity index (χ0n) is 14.6. The number of hydrogen-bond acceptors (Lipinski definition) is 3. The van der Waals surface area contributed by atoms with E-state index in [-0.39, 0.29) is 42.1 Å². The van der Waals surface area contributed by atoms with Crippen molar-refractivity contribution in [3.05, 3.63) is 29.8 Å². The maximum atomic E-state index is 11.6. The van der Waals surface area contributed by atoms with E-state index in [1.165, 1.54) is 0 Å². The molecule has 1 atom stereocenters. The van der Waals surface area contributed by atoms with Crippen molar-refractivity contribution in [2.75, 3.05) is 19.0 Å². The third-order valence-corrected chi connectivity index (χ3v) is 2.87. The van der Waals surface area contributed by atoms with E-state index in [0.29, 0.717) is 19.1 Å². The molecule has 0 spiro atoms. The summed E-state index contributed by atoms with van der Waals surface area (Å²) in [7, 11) is 1.64. The number of nitrogens with zero attached hydrogens (tertiary/aromatic N) is 1. The molecule has 8 heteroatoms. The normalized spacial score (nSPS) is 12.3. The van der Waals surface area contributed by atoms with Crippen LogP contribution in [0.15, 0.2) is 29.3 Å². The minimum atomic E-state index is -0.216. The van der Waals surface area contributed by atoms with Crippen molar-refractivity contribution in [2.24, 2.45) is 10.7 Å². The molecule has 1 unspecified atom stereocenters. The summed E-state index contributed by atoms with van der Waals surface area (Å²) >= 11 is 0. The molecule has 0 saturated carbocycles. The van der Waals surface area contributed by atoms with Gasteiger partial charge in [0.05, 0.1) is 13.2 Å². The van der Waals surface area contributed by atoms with Gasteiger partial charge in [0.2, 0.25) is 0 Å². The summed E-state index contributed by atoms with van der Waals surface area (Å²) in [5, 5.41) is 8.58. The first kappa shape index (κ1) is 22.4. The Bertz CT molecular complexity index is 520. The van der Waals surface area contributed by atoms with Gasteiger partial charge in [0, 0.05) is 24.9 Å². The molecule has 0 aliphatic heterocycles. The van der Waals surface area contributed by atoms with Crippen LogP contribution < -0.4 is 21.7 Å². The SMILES string of the molecule is COCC(C)NC(N)=NCc1ccc(NC(=O)NC(C)C)cc1.I. The number of amides is 2. The van der Waals surface area contributed by atoms with Crippen molar-refractivity contribution in [2.45, 2.75) is 39.4 Å². The highest BCUT2D eigenvalue weighted by Gasteiger charge is 2.04. The van der Waals surface area contributed by atoms with E-state index >= 15 is 0 Å². The number of urea groups is 1. The van der Waals surface area contributed by atoms with Crippen LogP contribution in [0.1, 0.15) is 26.3 Å². The average molecular weight is 449 g/mol. The van der Waals surface area contributed by atoms with Gasteiger partial charge in [-0.3, -0.25) is 0 Å². The van der Waals surface area contributed by atoms with Crippen LogP contribution in [0.4, 0.5) is 10.5 Å². The number of anilines is 1. The minimum Gasteiger partial charge on any atom is -0.383 e. The number of carbonyl (C=O) groups excluding carboxylic acids is 1. The number of methoxy groups -OCH3 is 1. The topological polar surface area (TPSA) is 101 Å². The molecule has 7 nitrogen and oxygen atoms in total. The van der Waals surface area contributed by atoms with Gasteiger partial charge in [-0.2, -0.15) is 0 Å². The summed E-state index contributed by atoms with van der Waals surface area (Å²) in [5.41, 5.74) is 7.55. The number of rotatable bonds is 7. The maximum absolute atomic E-state index is 11.6. The zero-order chi connectivity index (χ0) is 17.2. The number of carbonyl (C=O) groups is 1. The molecule has 0 aliphatic carbocycles. The van der Waals surface area contributed by atoms with Crippen molar-refractivity contribution < 1.29 is 9.53 Å². The quantitative estimate of drug-likeness (QED) is 0.292. The molecule has 0 heterocycles. The fraction of sp³-hybridized carbons (Fsp3) is 0.500. The Morgan fingerprint density at radius 3 is 2.38 bits per heavy atom. The van der Waals surface area contributed by atoms with Crippen LogP contribution in [0.5, 0.6) is 0 Å². The van der Waals surface area contributed by atoms with Crippen LogP contribution in [0.2, 0.25) is 0 Å². The highest BCUT2D eigenvalue weighted by atomic mass is 127. The van der Waals surface area contributed by atoms with Crippen LogP contribution >= 0.6 is 24.0 Å². The van der Waals surface area contributed by atoms with Crippen molar-refractivity contribution in [1.29, 1.82) is 0 Å². The second-order valence-electron chi connectivity index (χ2n) is 5.65. The van der Waals surface area contributed by atoms with E-state index in [9.17, 15) is 4.79 Å². The number of halogens is 1. The highest BCUT2D eigenvalue weighted by molar-refractivity contribution is 14.0. The lowest BCUT2D eigenvalue weighted by Gasteiger charge is -2.13. The second-order valence-corrected chi connectivity index (χ2v) is 5.65. The maximum Gasteiger partial charge on any atom is 0.319 e. The predicted octanol–water partition coefficient (Wildman–Crippen LogP) is 2.27. The Labute approximate surface area is 160 Å². The molecule has 24 heavy (non-hydrogen) atoms. The smallest absolute Gasteiger partial charge is 0.319 e. The third-order valence-electron chi connectivity index (χ3n) is 2.87. The molecule has 5 N–H and O–H groups in total. The fourth-order valence-electron chi connectivity index (χ4n) is 1.89. The summed E-state index contributed by atoms with van der Waals surface area (Å²) in [4.78, 5) is 15.9. The first-order valence-corrected chi connectivity index (χ1v) is 7.62. The predicted molar refractivity (Wildman–Crippen MR) is 109 cm³/mol. The monoisotopic (exact) mass is 449 g/mol. The van der Waals surface area contributed by atoms with Gasteiger partial charge in [-0.15, -0.1) is 24.0 Å². The Kier molecular flexibility index (Phi) is 11.1. The molecule has 0 saturated heterocycles. The number of aliphatic imine (C=N–C) groups is 1. The molecule has 1 aromatic carbocycles. The molecule has 0 fully saturated rings. The molecule has 0 aliphatic rings. The van der Waals surface area contributed by atoms with Crippen LogP contribution in [-0.2, 0) is 11.3 Å². The number of nitrogens with two attached hydrogens (primary N) is 1. The van der Waals surface area contributed by atoms with Gasteiger partial charge in [-0.25, -0.2) is 9.79 Å². The first-order valence-electron chi connectivity index (χ1n) is 7.62. The second kappa shape index (κ2) is 11.9. The lowest BCUT2D eigenvalue weighted by Crippen LogP contribution is -2.40. The van der Waals surface area contributed by atoms with E-state index in [2.05, 4.69) is 20.9 Å². The van der Waals surface area contributed by atoms with Crippen LogP contribution in [-0.4, -0.2) is 37.8 Å². The van der Waals surface area contributed by atoms with Crippen molar-refractivity contribution in [1.82, 2.24) is 10.6 Å². The number of ether oxygens (including phenoxy) is 1. The fourth-order valence-corrected chi connectivity index (χ4v) is 1.89. The Morgan fingerprint density at radius 1 is 1.21 bits per heavy atom. The van der Waals surface area contributed by atoms with E-state index in [0.717, 1.165) is 11.3 Å². The lowest BCUT2D eigenvalue weighted by molar-refractivity contribution is 0.179. The molecule has 0 bridgehead atoms. The summed E-state index contributed by atoms with van der Waals surface area (Å²) in [6.07, 6.45) is 0. The van der Waals surface area contributed by atoms with Gasteiger partial charge in [0.25, 0.3) is 0 Å². The zero-order valence-corrected chi connectivity index (χ0v) is 17.0. The number of benzene rings is 1. The molecule has 0 radical (unpaired) electrons. The third kappa shape index (κ3) is 9.56. The molecule has 136 valence electrons.